The SMILES string of the molecule is COCc1nnc(-c2cc(C(=O)N3CCC(c4ccccc4C#N)CC3)c(C)cc2C)[nH]1. The third-order valence-corrected chi connectivity index (χ3v) is 6.17. The number of aryl methyl sites for hydroxylation is 2. The molecule has 7 nitrogen and oxygen atoms in total. The molecule has 0 unspecified atom stereocenters. The Labute approximate surface area is 188 Å². The Hall–Kier alpha value is -3.50. The number of H-pyrrole nitrogens is 1. The van der Waals surface area contributed by atoms with Gasteiger partial charge in [-0.3, -0.25) is 4.79 Å². The fourth-order valence-corrected chi connectivity index (χ4v) is 4.48. The molecule has 0 spiro atoms. The lowest BCUT2D eigenvalue weighted by molar-refractivity contribution is 0.0712. The topological polar surface area (TPSA) is 94.9 Å². The molecule has 2 aromatic carbocycles. The molecule has 2 heterocycles. The lowest BCUT2D eigenvalue weighted by Gasteiger charge is -2.33. The molecule has 1 aromatic heterocycles. The zero-order chi connectivity index (χ0) is 22.7. The van der Waals surface area contributed by atoms with Crippen LogP contribution in [0.15, 0.2) is 36.4 Å². The van der Waals surface area contributed by atoms with E-state index in [2.05, 4.69) is 21.3 Å². The van der Waals surface area contributed by atoms with Gasteiger partial charge in [0.25, 0.3) is 5.91 Å². The number of nitriles is 1. The first-order valence-electron chi connectivity index (χ1n) is 10.8. The summed E-state index contributed by atoms with van der Waals surface area (Å²) in [5.74, 6) is 1.62. The van der Waals surface area contributed by atoms with Crippen LogP contribution in [0.4, 0.5) is 0 Å². The minimum Gasteiger partial charge on any atom is -0.377 e. The first-order valence-corrected chi connectivity index (χ1v) is 10.8. The summed E-state index contributed by atoms with van der Waals surface area (Å²) in [7, 11) is 1.61. The molecule has 1 aliphatic heterocycles. The summed E-state index contributed by atoms with van der Waals surface area (Å²) < 4.78 is 5.11. The van der Waals surface area contributed by atoms with E-state index in [0.717, 1.165) is 40.7 Å². The molecular weight excluding hydrogens is 402 g/mol. The summed E-state index contributed by atoms with van der Waals surface area (Å²) in [5.41, 5.74) is 5.36. The van der Waals surface area contributed by atoms with Gasteiger partial charge in [0.2, 0.25) is 0 Å². The number of likely N-dealkylation sites (tertiary alicyclic amines) is 1. The second-order valence-corrected chi connectivity index (χ2v) is 8.30. The van der Waals surface area contributed by atoms with Gasteiger partial charge in [-0.25, -0.2) is 0 Å². The van der Waals surface area contributed by atoms with Gasteiger partial charge in [-0.2, -0.15) is 5.26 Å². The minimum absolute atomic E-state index is 0.0346. The molecule has 4 rings (SSSR count). The van der Waals surface area contributed by atoms with Crippen molar-refractivity contribution in [3.63, 3.8) is 0 Å². The predicted molar refractivity (Wildman–Crippen MR) is 121 cm³/mol. The maximum absolute atomic E-state index is 13.4. The van der Waals surface area contributed by atoms with Crippen molar-refractivity contribution >= 4 is 5.91 Å². The van der Waals surface area contributed by atoms with E-state index in [-0.39, 0.29) is 5.91 Å². The molecule has 1 aliphatic rings. The van der Waals surface area contributed by atoms with Crippen LogP contribution in [-0.4, -0.2) is 46.2 Å². The minimum atomic E-state index is 0.0346. The van der Waals surface area contributed by atoms with Gasteiger partial charge in [-0.05, 0) is 61.4 Å². The van der Waals surface area contributed by atoms with Crippen LogP contribution in [0.25, 0.3) is 11.4 Å². The van der Waals surface area contributed by atoms with Crippen LogP contribution in [0.1, 0.15) is 57.2 Å². The number of carbonyl (C=O) groups excluding carboxylic acids is 1. The molecule has 1 fully saturated rings. The van der Waals surface area contributed by atoms with Crippen LogP contribution in [0.2, 0.25) is 0 Å². The van der Waals surface area contributed by atoms with Crippen molar-refractivity contribution in [1.29, 1.82) is 5.26 Å². The maximum Gasteiger partial charge on any atom is 0.254 e. The Morgan fingerprint density at radius 1 is 1.19 bits per heavy atom. The number of hydrogen-bond donors (Lipinski definition) is 1. The number of benzene rings is 2. The largest absolute Gasteiger partial charge is 0.377 e. The van der Waals surface area contributed by atoms with E-state index >= 15 is 0 Å². The van der Waals surface area contributed by atoms with Crippen molar-refractivity contribution in [1.82, 2.24) is 20.1 Å². The summed E-state index contributed by atoms with van der Waals surface area (Å²) in [4.78, 5) is 18.5. The molecule has 3 aromatic rings. The van der Waals surface area contributed by atoms with Gasteiger partial charge in [0.05, 0.1) is 11.6 Å². The number of methoxy groups -OCH3 is 1. The van der Waals surface area contributed by atoms with Gasteiger partial charge >= 0.3 is 0 Å². The van der Waals surface area contributed by atoms with Crippen molar-refractivity contribution < 1.29 is 9.53 Å². The standard InChI is InChI=1S/C25H27N5O2/c1-16-12-17(2)22(13-21(16)24-27-23(15-32-3)28-29-24)25(31)30-10-8-18(9-11-30)20-7-5-4-6-19(20)14-26/h4-7,12-13,18H,8-11,15H2,1-3H3,(H,27,28,29). The first kappa shape index (κ1) is 21.7. The summed E-state index contributed by atoms with van der Waals surface area (Å²) in [6.45, 7) is 5.68. The number of ether oxygens (including phenoxy) is 1. The Morgan fingerprint density at radius 2 is 1.94 bits per heavy atom. The third-order valence-electron chi connectivity index (χ3n) is 6.17. The maximum atomic E-state index is 13.4. The molecule has 0 aliphatic carbocycles. The van der Waals surface area contributed by atoms with E-state index in [9.17, 15) is 10.1 Å². The highest BCUT2D eigenvalue weighted by Gasteiger charge is 2.27. The highest BCUT2D eigenvalue weighted by molar-refractivity contribution is 5.97. The van der Waals surface area contributed by atoms with Gasteiger partial charge in [0, 0.05) is 31.3 Å². The molecule has 7 heteroatoms. The molecule has 0 atom stereocenters. The zero-order valence-corrected chi connectivity index (χ0v) is 18.7. The average molecular weight is 430 g/mol. The van der Waals surface area contributed by atoms with Gasteiger partial charge in [-0.1, -0.05) is 24.3 Å². The number of hydrogen-bond acceptors (Lipinski definition) is 5. The van der Waals surface area contributed by atoms with Crippen molar-refractivity contribution in [2.75, 3.05) is 20.2 Å². The summed E-state index contributed by atoms with van der Waals surface area (Å²) in [5, 5.41) is 17.8. The van der Waals surface area contributed by atoms with E-state index in [1.54, 1.807) is 7.11 Å². The highest BCUT2D eigenvalue weighted by atomic mass is 16.5. The van der Waals surface area contributed by atoms with Gasteiger partial charge in [0.1, 0.15) is 6.61 Å². The molecule has 0 radical (unpaired) electrons. The number of piperidine rings is 1. The average Bonchev–Trinajstić information content (AvgIpc) is 3.27. The lowest BCUT2D eigenvalue weighted by atomic mass is 9.86. The Kier molecular flexibility index (Phi) is 6.33. The summed E-state index contributed by atoms with van der Waals surface area (Å²) >= 11 is 0. The summed E-state index contributed by atoms with van der Waals surface area (Å²) in [6, 6.07) is 14.0. The molecule has 0 saturated carbocycles. The second-order valence-electron chi connectivity index (χ2n) is 8.30. The number of amides is 1. The Balaban J connectivity index is 1.53. The fourth-order valence-electron chi connectivity index (χ4n) is 4.48. The number of nitrogens with zero attached hydrogens (tertiary/aromatic N) is 4. The van der Waals surface area contributed by atoms with E-state index in [1.165, 1.54) is 0 Å². The molecular formula is C25H27N5O2. The van der Waals surface area contributed by atoms with Gasteiger partial charge < -0.3 is 14.6 Å². The van der Waals surface area contributed by atoms with Crippen LogP contribution in [-0.2, 0) is 11.3 Å². The van der Waals surface area contributed by atoms with Crippen LogP contribution in [0, 0.1) is 25.2 Å². The highest BCUT2D eigenvalue weighted by Crippen LogP contribution is 2.32. The van der Waals surface area contributed by atoms with Crippen molar-refractivity contribution in [3.8, 4) is 17.5 Å². The van der Waals surface area contributed by atoms with Crippen LogP contribution in [0.3, 0.4) is 0 Å². The van der Waals surface area contributed by atoms with Gasteiger partial charge in [0.15, 0.2) is 11.6 Å². The van der Waals surface area contributed by atoms with Crippen molar-refractivity contribution in [2.24, 2.45) is 0 Å². The number of rotatable bonds is 5. The quantitative estimate of drug-likeness (QED) is 0.658. The van der Waals surface area contributed by atoms with Crippen LogP contribution < -0.4 is 0 Å². The van der Waals surface area contributed by atoms with Crippen molar-refractivity contribution in [3.05, 3.63) is 70.0 Å². The number of aromatic nitrogens is 3. The molecule has 1 N–H and O–H groups in total. The predicted octanol–water partition coefficient (Wildman–Crippen LogP) is 4.13. The van der Waals surface area contributed by atoms with E-state index in [4.69, 9.17) is 4.74 Å². The molecule has 1 amide bonds. The van der Waals surface area contributed by atoms with Gasteiger partial charge in [-0.15, -0.1) is 10.2 Å². The normalized spacial score (nSPS) is 14.4. The fraction of sp³-hybridized carbons (Fsp3) is 0.360. The molecule has 164 valence electrons. The number of aromatic amines is 1. The van der Waals surface area contributed by atoms with Crippen molar-refractivity contribution in [2.45, 2.75) is 39.2 Å². The number of carbonyl (C=O) groups is 1. The Morgan fingerprint density at radius 3 is 2.66 bits per heavy atom. The third kappa shape index (κ3) is 4.27. The van der Waals surface area contributed by atoms with E-state index < -0.39 is 0 Å². The molecule has 1 saturated heterocycles. The number of nitrogens with one attached hydrogen (secondary N) is 1. The monoisotopic (exact) mass is 429 g/mol. The smallest absolute Gasteiger partial charge is 0.254 e. The van der Waals surface area contributed by atoms with E-state index in [0.29, 0.717) is 42.8 Å². The molecule has 32 heavy (non-hydrogen) atoms. The first-order chi connectivity index (χ1) is 15.5. The second kappa shape index (κ2) is 9.33. The Bertz CT molecular complexity index is 1170. The van der Waals surface area contributed by atoms with Crippen LogP contribution >= 0.6 is 0 Å². The molecule has 0 bridgehead atoms. The zero-order valence-electron chi connectivity index (χ0n) is 18.7. The lowest BCUT2D eigenvalue weighted by Crippen LogP contribution is -2.38. The van der Waals surface area contributed by atoms with E-state index in [1.807, 2.05) is 55.1 Å². The summed E-state index contributed by atoms with van der Waals surface area (Å²) in [6.07, 6.45) is 1.70. The van der Waals surface area contributed by atoms with Crippen LogP contribution in [0.5, 0.6) is 0 Å².